The number of hydrogen-bond acceptors (Lipinski definition) is 3. The summed E-state index contributed by atoms with van der Waals surface area (Å²) in [5.74, 6) is -0.555. The normalized spacial score (nSPS) is 11.2. The van der Waals surface area contributed by atoms with Crippen molar-refractivity contribution in [3.63, 3.8) is 0 Å². The fourth-order valence-corrected chi connectivity index (χ4v) is 1.56. The van der Waals surface area contributed by atoms with Gasteiger partial charge in [0, 0.05) is 0 Å². The molecule has 0 radical (unpaired) electrons. The minimum Gasteiger partial charge on any atom is -0.489 e. The summed E-state index contributed by atoms with van der Waals surface area (Å²) < 4.78 is 58.2. The zero-order valence-corrected chi connectivity index (χ0v) is 10.7. The Balaban J connectivity index is 1.96. The summed E-state index contributed by atoms with van der Waals surface area (Å²) in [4.78, 5) is 0. The maximum absolute atomic E-state index is 13.2. The van der Waals surface area contributed by atoms with Crippen molar-refractivity contribution >= 4 is 5.69 Å². The molecule has 0 amide bonds. The van der Waals surface area contributed by atoms with Crippen molar-refractivity contribution in [1.82, 2.24) is 0 Å². The Labute approximate surface area is 117 Å². The second-order valence-corrected chi connectivity index (χ2v) is 4.16. The maximum Gasteiger partial charge on any atom is 0.573 e. The van der Waals surface area contributed by atoms with Crippen molar-refractivity contribution in [3.8, 4) is 11.5 Å². The van der Waals surface area contributed by atoms with E-state index in [4.69, 9.17) is 10.5 Å². The molecule has 21 heavy (non-hydrogen) atoms. The van der Waals surface area contributed by atoms with E-state index < -0.39 is 12.2 Å². The van der Waals surface area contributed by atoms with Gasteiger partial charge in [0.05, 0.1) is 5.69 Å². The predicted octanol–water partition coefficient (Wildman–Crippen LogP) is 3.89. The molecular weight excluding hydrogens is 290 g/mol. The first kappa shape index (κ1) is 15.0. The summed E-state index contributed by atoms with van der Waals surface area (Å²) in [6.07, 6.45) is -4.73. The summed E-state index contributed by atoms with van der Waals surface area (Å²) in [6, 6.07) is 9.16. The van der Waals surface area contributed by atoms with Crippen LogP contribution in [0.15, 0.2) is 42.5 Å². The molecule has 0 spiro atoms. The molecule has 0 aliphatic heterocycles. The Kier molecular flexibility index (Phi) is 4.21. The second-order valence-electron chi connectivity index (χ2n) is 4.16. The molecule has 0 atom stereocenters. The Hall–Kier alpha value is -2.44. The number of hydrogen-bond donors (Lipinski definition) is 1. The van der Waals surface area contributed by atoms with Crippen LogP contribution in [-0.4, -0.2) is 6.36 Å². The highest BCUT2D eigenvalue weighted by molar-refractivity contribution is 5.41. The fraction of sp³-hybridized carbons (Fsp3) is 0.143. The van der Waals surface area contributed by atoms with Crippen LogP contribution < -0.4 is 15.2 Å². The van der Waals surface area contributed by atoms with E-state index in [1.807, 2.05) is 0 Å². The Bertz CT molecular complexity index is 611. The van der Waals surface area contributed by atoms with Gasteiger partial charge in [-0.3, -0.25) is 0 Å². The van der Waals surface area contributed by atoms with Crippen molar-refractivity contribution in [2.75, 3.05) is 5.73 Å². The lowest BCUT2D eigenvalue weighted by Crippen LogP contribution is -2.16. The molecule has 112 valence electrons. The summed E-state index contributed by atoms with van der Waals surface area (Å²) in [7, 11) is 0. The quantitative estimate of drug-likeness (QED) is 0.688. The van der Waals surface area contributed by atoms with Gasteiger partial charge in [0.15, 0.2) is 0 Å². The second kappa shape index (κ2) is 5.90. The van der Waals surface area contributed by atoms with Crippen LogP contribution in [0.3, 0.4) is 0 Å². The number of nitrogen functional groups attached to an aromatic ring is 1. The van der Waals surface area contributed by atoms with Gasteiger partial charge in [-0.15, -0.1) is 13.2 Å². The van der Waals surface area contributed by atoms with Crippen molar-refractivity contribution < 1.29 is 27.0 Å². The van der Waals surface area contributed by atoms with E-state index in [0.29, 0.717) is 11.3 Å². The third kappa shape index (κ3) is 4.55. The van der Waals surface area contributed by atoms with E-state index in [-0.39, 0.29) is 18.0 Å². The molecule has 2 aromatic rings. The van der Waals surface area contributed by atoms with Crippen molar-refractivity contribution in [3.05, 3.63) is 53.8 Å². The average molecular weight is 301 g/mol. The van der Waals surface area contributed by atoms with Gasteiger partial charge in [0.2, 0.25) is 0 Å². The molecule has 0 aliphatic rings. The molecule has 7 heteroatoms. The van der Waals surface area contributed by atoms with Crippen LogP contribution in [-0.2, 0) is 6.61 Å². The molecule has 3 nitrogen and oxygen atoms in total. The predicted molar refractivity (Wildman–Crippen MR) is 68.3 cm³/mol. The molecule has 0 aliphatic carbocycles. The average Bonchev–Trinajstić information content (AvgIpc) is 2.40. The highest BCUT2D eigenvalue weighted by Gasteiger charge is 2.30. The third-order valence-corrected chi connectivity index (χ3v) is 2.53. The Morgan fingerprint density at radius 2 is 1.57 bits per heavy atom. The summed E-state index contributed by atoms with van der Waals surface area (Å²) in [5.41, 5.74) is 5.93. The number of rotatable bonds is 4. The number of anilines is 1. The molecule has 0 bridgehead atoms. The van der Waals surface area contributed by atoms with E-state index in [1.54, 1.807) is 6.07 Å². The largest absolute Gasteiger partial charge is 0.573 e. The zero-order chi connectivity index (χ0) is 15.5. The Morgan fingerprint density at radius 1 is 0.952 bits per heavy atom. The van der Waals surface area contributed by atoms with Crippen molar-refractivity contribution in [2.24, 2.45) is 0 Å². The summed E-state index contributed by atoms with van der Waals surface area (Å²) in [6.45, 7) is 0.0661. The first-order valence-electron chi connectivity index (χ1n) is 5.86. The molecule has 0 heterocycles. The first-order chi connectivity index (χ1) is 9.83. The molecule has 2 N–H and O–H groups in total. The molecule has 2 aromatic carbocycles. The van der Waals surface area contributed by atoms with Crippen LogP contribution in [0.25, 0.3) is 0 Å². The maximum atomic E-state index is 13.2. The van der Waals surface area contributed by atoms with Crippen LogP contribution in [0.1, 0.15) is 5.56 Å². The van der Waals surface area contributed by atoms with Crippen LogP contribution in [0.5, 0.6) is 11.5 Å². The van der Waals surface area contributed by atoms with E-state index in [9.17, 15) is 17.6 Å². The van der Waals surface area contributed by atoms with Gasteiger partial charge in [0.25, 0.3) is 0 Å². The molecule has 0 saturated carbocycles. The third-order valence-electron chi connectivity index (χ3n) is 2.53. The van der Waals surface area contributed by atoms with Crippen molar-refractivity contribution in [1.29, 1.82) is 0 Å². The minimum atomic E-state index is -4.73. The van der Waals surface area contributed by atoms with Gasteiger partial charge in [-0.05, 0) is 42.0 Å². The number of nitrogens with two attached hydrogens (primary N) is 1. The summed E-state index contributed by atoms with van der Waals surface area (Å²) in [5, 5.41) is 0. The highest BCUT2D eigenvalue weighted by Crippen LogP contribution is 2.25. The fourth-order valence-electron chi connectivity index (χ4n) is 1.56. The van der Waals surface area contributed by atoms with Crippen LogP contribution >= 0.6 is 0 Å². The molecule has 0 unspecified atom stereocenters. The standard InChI is InChI=1S/C14H11F4NO2/c15-12-7-9(1-6-13(12)19)8-20-10-2-4-11(5-3-10)21-14(16,17)18/h1-7H,8,19H2. The number of alkyl halides is 3. The number of halogens is 4. The van der Waals surface area contributed by atoms with Crippen LogP contribution in [0, 0.1) is 5.82 Å². The SMILES string of the molecule is Nc1ccc(COc2ccc(OC(F)(F)F)cc2)cc1F. The zero-order valence-electron chi connectivity index (χ0n) is 10.7. The van der Waals surface area contributed by atoms with Gasteiger partial charge in [-0.2, -0.15) is 0 Å². The van der Waals surface area contributed by atoms with Gasteiger partial charge in [-0.25, -0.2) is 4.39 Å². The number of ether oxygens (including phenoxy) is 2. The first-order valence-corrected chi connectivity index (χ1v) is 5.86. The minimum absolute atomic E-state index is 0.0346. The monoisotopic (exact) mass is 301 g/mol. The molecule has 0 fully saturated rings. The smallest absolute Gasteiger partial charge is 0.489 e. The van der Waals surface area contributed by atoms with Gasteiger partial charge in [-0.1, -0.05) is 6.07 Å². The highest BCUT2D eigenvalue weighted by atomic mass is 19.4. The van der Waals surface area contributed by atoms with Gasteiger partial charge in [0.1, 0.15) is 23.9 Å². The molecule has 0 aromatic heterocycles. The lowest BCUT2D eigenvalue weighted by atomic mass is 10.2. The summed E-state index contributed by atoms with van der Waals surface area (Å²) >= 11 is 0. The molecular formula is C14H11F4NO2. The van der Waals surface area contributed by atoms with Gasteiger partial charge >= 0.3 is 6.36 Å². The van der Waals surface area contributed by atoms with Crippen molar-refractivity contribution in [2.45, 2.75) is 13.0 Å². The molecule has 0 saturated heterocycles. The van der Waals surface area contributed by atoms with E-state index in [1.165, 1.54) is 24.3 Å². The number of benzene rings is 2. The topological polar surface area (TPSA) is 44.5 Å². The lowest BCUT2D eigenvalue weighted by molar-refractivity contribution is -0.274. The van der Waals surface area contributed by atoms with Gasteiger partial charge < -0.3 is 15.2 Å². The Morgan fingerprint density at radius 3 is 2.14 bits per heavy atom. The molecule has 2 rings (SSSR count). The van der Waals surface area contributed by atoms with E-state index >= 15 is 0 Å². The van der Waals surface area contributed by atoms with Crippen LogP contribution in [0.2, 0.25) is 0 Å². The van der Waals surface area contributed by atoms with E-state index in [0.717, 1.165) is 12.1 Å². The lowest BCUT2D eigenvalue weighted by Gasteiger charge is -2.10. The van der Waals surface area contributed by atoms with Crippen LogP contribution in [0.4, 0.5) is 23.2 Å². The van der Waals surface area contributed by atoms with E-state index in [2.05, 4.69) is 4.74 Å².